The molecule has 1 aliphatic rings. The number of aromatic nitrogens is 6. The second kappa shape index (κ2) is 6.73. The summed E-state index contributed by atoms with van der Waals surface area (Å²) in [6.07, 6.45) is 6.54. The third kappa shape index (κ3) is 3.02. The fourth-order valence-corrected chi connectivity index (χ4v) is 3.74. The van der Waals surface area contributed by atoms with Crippen LogP contribution in [0.2, 0.25) is 0 Å². The predicted octanol–water partition coefficient (Wildman–Crippen LogP) is 1.71. The van der Waals surface area contributed by atoms with Crippen LogP contribution < -0.4 is 10.1 Å². The molecule has 1 atom stereocenters. The number of likely N-dealkylation sites (N-methyl/N-ethyl adjacent to an activating group) is 1. The lowest BCUT2D eigenvalue weighted by molar-refractivity contribution is -0.132. The van der Waals surface area contributed by atoms with E-state index >= 15 is 0 Å². The van der Waals surface area contributed by atoms with Crippen molar-refractivity contribution in [2.75, 3.05) is 26.0 Å². The van der Waals surface area contributed by atoms with Crippen molar-refractivity contribution in [2.45, 2.75) is 18.9 Å². The van der Waals surface area contributed by atoms with Crippen LogP contribution in [0.3, 0.4) is 0 Å². The van der Waals surface area contributed by atoms with E-state index in [0.717, 1.165) is 28.6 Å². The Balaban J connectivity index is 1.51. The van der Waals surface area contributed by atoms with Gasteiger partial charge in [-0.05, 0) is 24.1 Å². The first kappa shape index (κ1) is 17.4. The first-order valence-corrected chi connectivity index (χ1v) is 9.36. The Morgan fingerprint density at radius 1 is 1.34 bits per heavy atom. The number of carbonyl (C=O) groups is 1. The number of carbonyl (C=O) groups excluding carboxylic acids is 1. The van der Waals surface area contributed by atoms with Crippen molar-refractivity contribution >= 4 is 28.5 Å². The number of H-pyrrole nitrogens is 1. The maximum Gasteiger partial charge on any atom is 0.228 e. The van der Waals surface area contributed by atoms with E-state index < -0.39 is 0 Å². The van der Waals surface area contributed by atoms with Gasteiger partial charge in [-0.25, -0.2) is 9.50 Å². The normalized spacial score (nSPS) is 17.2. The molecule has 0 saturated carbocycles. The molecule has 2 N–H and O–H groups in total. The molecule has 0 bridgehead atoms. The number of pyridine rings is 1. The fourth-order valence-electron chi connectivity index (χ4n) is 3.74. The molecule has 1 fully saturated rings. The Bertz CT molecular complexity index is 1210. The molecule has 5 heterocycles. The van der Waals surface area contributed by atoms with Crippen LogP contribution in [0.1, 0.15) is 12.8 Å². The highest BCUT2D eigenvalue weighted by Gasteiger charge is 2.24. The molecule has 5 rings (SSSR count). The number of nitrogens with one attached hydrogen (secondary N) is 2. The van der Waals surface area contributed by atoms with Gasteiger partial charge in [0.1, 0.15) is 12.0 Å². The number of likely N-dealkylation sites (tertiary alicyclic amines) is 1. The molecule has 0 aromatic carbocycles. The van der Waals surface area contributed by atoms with Crippen LogP contribution in [-0.2, 0) is 4.79 Å². The molecule has 1 saturated heterocycles. The summed E-state index contributed by atoms with van der Waals surface area (Å²) in [7, 11) is 3.40. The molecule has 29 heavy (non-hydrogen) atoms. The summed E-state index contributed by atoms with van der Waals surface area (Å²) in [6.45, 7) is 0.622. The number of anilines is 1. The number of aromatic amines is 1. The van der Waals surface area contributed by atoms with Gasteiger partial charge in [-0.1, -0.05) is 0 Å². The number of amides is 1. The van der Waals surface area contributed by atoms with E-state index in [1.54, 1.807) is 16.5 Å². The van der Waals surface area contributed by atoms with Gasteiger partial charge >= 0.3 is 0 Å². The van der Waals surface area contributed by atoms with Gasteiger partial charge in [-0.15, -0.1) is 0 Å². The number of hydrogen-bond donors (Lipinski definition) is 2. The van der Waals surface area contributed by atoms with E-state index in [2.05, 4.69) is 30.4 Å². The van der Waals surface area contributed by atoms with Crippen LogP contribution in [0.4, 0.5) is 5.95 Å². The van der Waals surface area contributed by atoms with Crippen molar-refractivity contribution in [1.82, 2.24) is 34.4 Å². The number of methoxy groups -OCH3 is 1. The molecule has 1 amide bonds. The molecular formula is C19H20N8O2. The molecule has 0 aliphatic carbocycles. The number of fused-ring (bicyclic) bond motifs is 2. The summed E-state index contributed by atoms with van der Waals surface area (Å²) in [6, 6.07) is 4.02. The third-order valence-electron chi connectivity index (χ3n) is 5.24. The molecule has 4 aromatic heterocycles. The number of ether oxygens (including phenoxy) is 1. The average Bonchev–Trinajstić information content (AvgIpc) is 3.36. The van der Waals surface area contributed by atoms with E-state index in [4.69, 9.17) is 4.74 Å². The zero-order chi connectivity index (χ0) is 20.0. The fraction of sp³-hybridized carbons (Fsp3) is 0.316. The summed E-state index contributed by atoms with van der Waals surface area (Å²) in [4.78, 5) is 30.1. The van der Waals surface area contributed by atoms with Crippen molar-refractivity contribution in [1.29, 1.82) is 0 Å². The quantitative estimate of drug-likeness (QED) is 0.543. The van der Waals surface area contributed by atoms with Gasteiger partial charge in [-0.2, -0.15) is 15.1 Å². The van der Waals surface area contributed by atoms with E-state index in [1.165, 1.54) is 6.33 Å². The second-order valence-corrected chi connectivity index (χ2v) is 7.11. The molecule has 10 nitrogen and oxygen atoms in total. The SMILES string of the molecule is COc1nc(N[C@@H]2CCC(=O)N(C)C2)nc2[nH]cc(-c3ccn4ncnc4c3)c12. The predicted molar refractivity (Wildman–Crippen MR) is 107 cm³/mol. The summed E-state index contributed by atoms with van der Waals surface area (Å²) in [5, 5.41) is 8.26. The topological polar surface area (TPSA) is 113 Å². The van der Waals surface area contributed by atoms with E-state index in [-0.39, 0.29) is 11.9 Å². The van der Waals surface area contributed by atoms with E-state index in [0.29, 0.717) is 30.4 Å². The standard InChI is InChI=1S/C19H20N8O2/c1-26-9-12(3-4-15(26)28)23-19-24-17-16(18(25-19)29-2)13(8-20-17)11-5-6-27-14(7-11)21-10-22-27/h5-8,10,12H,3-4,9H2,1-2H3,(H2,20,23,24,25)/t12-/m1/s1. The summed E-state index contributed by atoms with van der Waals surface area (Å²) in [5.74, 6) is 1.12. The Morgan fingerprint density at radius 3 is 3.07 bits per heavy atom. The first-order valence-electron chi connectivity index (χ1n) is 9.36. The average molecular weight is 392 g/mol. The summed E-state index contributed by atoms with van der Waals surface area (Å²) < 4.78 is 7.29. The van der Waals surface area contributed by atoms with Gasteiger partial charge in [0.25, 0.3) is 0 Å². The molecule has 148 valence electrons. The van der Waals surface area contributed by atoms with Crippen molar-refractivity contribution in [3.8, 4) is 17.0 Å². The minimum absolute atomic E-state index is 0.102. The van der Waals surface area contributed by atoms with Crippen molar-refractivity contribution in [2.24, 2.45) is 0 Å². The van der Waals surface area contributed by atoms with Gasteiger partial charge in [0, 0.05) is 44.0 Å². The number of rotatable bonds is 4. The Labute approximate surface area is 165 Å². The van der Waals surface area contributed by atoms with Crippen molar-refractivity contribution in [3.05, 3.63) is 30.9 Å². The minimum atomic E-state index is 0.102. The van der Waals surface area contributed by atoms with Gasteiger partial charge in [0.05, 0.1) is 12.5 Å². The highest BCUT2D eigenvalue weighted by Crippen LogP contribution is 2.34. The second-order valence-electron chi connectivity index (χ2n) is 7.11. The maximum absolute atomic E-state index is 11.7. The lowest BCUT2D eigenvalue weighted by Crippen LogP contribution is -2.43. The highest BCUT2D eigenvalue weighted by atomic mass is 16.5. The number of nitrogens with zero attached hydrogens (tertiary/aromatic N) is 6. The zero-order valence-corrected chi connectivity index (χ0v) is 16.1. The minimum Gasteiger partial charge on any atom is -0.480 e. The van der Waals surface area contributed by atoms with Crippen LogP contribution in [-0.4, -0.2) is 67.1 Å². The number of piperidine rings is 1. The lowest BCUT2D eigenvalue weighted by atomic mass is 10.1. The lowest BCUT2D eigenvalue weighted by Gasteiger charge is -2.30. The van der Waals surface area contributed by atoms with Crippen molar-refractivity contribution in [3.63, 3.8) is 0 Å². The maximum atomic E-state index is 11.7. The van der Waals surface area contributed by atoms with Gasteiger partial charge in [0.15, 0.2) is 5.65 Å². The van der Waals surface area contributed by atoms with Crippen LogP contribution in [0.15, 0.2) is 30.9 Å². The van der Waals surface area contributed by atoms with Gasteiger partial charge in [0.2, 0.25) is 17.7 Å². The Kier molecular flexibility index (Phi) is 4.04. The van der Waals surface area contributed by atoms with Gasteiger partial charge in [-0.3, -0.25) is 4.79 Å². The third-order valence-corrected chi connectivity index (χ3v) is 5.24. The van der Waals surface area contributed by atoms with Crippen LogP contribution in [0.5, 0.6) is 5.88 Å². The largest absolute Gasteiger partial charge is 0.480 e. The first-order chi connectivity index (χ1) is 14.1. The molecular weight excluding hydrogens is 372 g/mol. The summed E-state index contributed by atoms with van der Waals surface area (Å²) in [5.41, 5.74) is 3.32. The smallest absolute Gasteiger partial charge is 0.228 e. The van der Waals surface area contributed by atoms with Crippen LogP contribution in [0, 0.1) is 0 Å². The summed E-state index contributed by atoms with van der Waals surface area (Å²) >= 11 is 0. The van der Waals surface area contributed by atoms with Gasteiger partial charge < -0.3 is 19.9 Å². The molecule has 1 aliphatic heterocycles. The molecule has 0 radical (unpaired) electrons. The van der Waals surface area contributed by atoms with E-state index in [9.17, 15) is 4.79 Å². The van der Waals surface area contributed by atoms with Crippen molar-refractivity contribution < 1.29 is 9.53 Å². The zero-order valence-electron chi connectivity index (χ0n) is 16.1. The molecule has 0 spiro atoms. The Hall–Kier alpha value is -3.69. The molecule has 10 heteroatoms. The molecule has 4 aromatic rings. The highest BCUT2D eigenvalue weighted by molar-refractivity contribution is 5.98. The molecule has 0 unspecified atom stereocenters. The Morgan fingerprint density at radius 2 is 2.24 bits per heavy atom. The number of hydrogen-bond acceptors (Lipinski definition) is 7. The van der Waals surface area contributed by atoms with E-state index in [1.807, 2.05) is 31.6 Å². The monoisotopic (exact) mass is 392 g/mol. The van der Waals surface area contributed by atoms with Crippen LogP contribution >= 0.6 is 0 Å². The van der Waals surface area contributed by atoms with Crippen LogP contribution in [0.25, 0.3) is 27.8 Å².